The zero-order chi connectivity index (χ0) is 13.6. The number of rotatable bonds is 4. The smallest absolute Gasteiger partial charge is 0.407 e. The molecule has 1 aromatic rings. The maximum absolute atomic E-state index is 11.6. The molecule has 3 nitrogen and oxygen atoms in total. The molecule has 0 aromatic heterocycles. The van der Waals surface area contributed by atoms with E-state index in [1.807, 2.05) is 39.0 Å². The SMILES string of the molecule is CCCc1ccccc1CNC(=O)OC(C)(C)C. The molecule has 0 radical (unpaired) electrons. The summed E-state index contributed by atoms with van der Waals surface area (Å²) in [5, 5.41) is 2.79. The fourth-order valence-electron chi connectivity index (χ4n) is 1.72. The van der Waals surface area contributed by atoms with Crippen LogP contribution in [0.3, 0.4) is 0 Å². The van der Waals surface area contributed by atoms with Crippen molar-refractivity contribution in [2.24, 2.45) is 0 Å². The highest BCUT2D eigenvalue weighted by atomic mass is 16.6. The van der Waals surface area contributed by atoms with Gasteiger partial charge in [0, 0.05) is 6.54 Å². The Morgan fingerprint density at radius 3 is 2.39 bits per heavy atom. The van der Waals surface area contributed by atoms with E-state index in [2.05, 4.69) is 18.3 Å². The Hall–Kier alpha value is -1.51. The molecular formula is C15H23NO2. The average molecular weight is 249 g/mol. The maximum Gasteiger partial charge on any atom is 0.407 e. The molecule has 100 valence electrons. The van der Waals surface area contributed by atoms with Gasteiger partial charge in [-0.15, -0.1) is 0 Å². The Morgan fingerprint density at radius 1 is 1.22 bits per heavy atom. The van der Waals surface area contributed by atoms with Gasteiger partial charge in [-0.3, -0.25) is 0 Å². The van der Waals surface area contributed by atoms with E-state index in [1.165, 1.54) is 5.56 Å². The van der Waals surface area contributed by atoms with Crippen molar-refractivity contribution in [2.75, 3.05) is 0 Å². The highest BCUT2D eigenvalue weighted by Gasteiger charge is 2.15. The van der Waals surface area contributed by atoms with Crippen molar-refractivity contribution in [1.82, 2.24) is 5.32 Å². The average Bonchev–Trinajstić information content (AvgIpc) is 2.26. The van der Waals surface area contributed by atoms with E-state index in [-0.39, 0.29) is 6.09 Å². The first-order chi connectivity index (χ1) is 8.42. The zero-order valence-electron chi connectivity index (χ0n) is 11.7. The number of aryl methyl sites for hydroxylation is 1. The molecule has 0 spiro atoms. The fraction of sp³-hybridized carbons (Fsp3) is 0.533. The minimum Gasteiger partial charge on any atom is -0.444 e. The summed E-state index contributed by atoms with van der Waals surface area (Å²) in [6.45, 7) is 8.25. The molecule has 1 rings (SSSR count). The molecule has 1 aromatic carbocycles. The van der Waals surface area contributed by atoms with Crippen LogP contribution in [0.2, 0.25) is 0 Å². The van der Waals surface area contributed by atoms with E-state index in [1.54, 1.807) is 0 Å². The Balaban J connectivity index is 2.55. The fourth-order valence-corrected chi connectivity index (χ4v) is 1.72. The van der Waals surface area contributed by atoms with Gasteiger partial charge in [-0.2, -0.15) is 0 Å². The van der Waals surface area contributed by atoms with Gasteiger partial charge in [-0.25, -0.2) is 4.79 Å². The number of nitrogens with one attached hydrogen (secondary N) is 1. The number of alkyl carbamates (subject to hydrolysis) is 1. The maximum atomic E-state index is 11.6. The van der Waals surface area contributed by atoms with E-state index < -0.39 is 5.60 Å². The van der Waals surface area contributed by atoms with E-state index in [9.17, 15) is 4.79 Å². The van der Waals surface area contributed by atoms with Gasteiger partial charge >= 0.3 is 6.09 Å². The molecule has 0 aliphatic carbocycles. The number of hydrogen-bond acceptors (Lipinski definition) is 2. The number of ether oxygens (including phenoxy) is 1. The monoisotopic (exact) mass is 249 g/mol. The lowest BCUT2D eigenvalue weighted by atomic mass is 10.0. The molecular weight excluding hydrogens is 226 g/mol. The molecule has 0 aliphatic heterocycles. The predicted molar refractivity (Wildman–Crippen MR) is 73.5 cm³/mol. The molecule has 0 saturated carbocycles. The van der Waals surface area contributed by atoms with Crippen molar-refractivity contribution in [3.63, 3.8) is 0 Å². The van der Waals surface area contributed by atoms with E-state index >= 15 is 0 Å². The molecule has 1 N–H and O–H groups in total. The van der Waals surface area contributed by atoms with Crippen LogP contribution in [0.4, 0.5) is 4.79 Å². The van der Waals surface area contributed by atoms with Crippen LogP contribution in [-0.2, 0) is 17.7 Å². The Bertz CT molecular complexity index is 394. The van der Waals surface area contributed by atoms with Crippen molar-refractivity contribution >= 4 is 6.09 Å². The van der Waals surface area contributed by atoms with Gasteiger partial charge in [-0.05, 0) is 38.3 Å². The quantitative estimate of drug-likeness (QED) is 0.884. The van der Waals surface area contributed by atoms with Gasteiger partial charge < -0.3 is 10.1 Å². The third-order valence-corrected chi connectivity index (χ3v) is 2.46. The van der Waals surface area contributed by atoms with Crippen LogP contribution in [0.1, 0.15) is 45.2 Å². The van der Waals surface area contributed by atoms with Gasteiger partial charge in [0.1, 0.15) is 5.60 Å². The number of carbonyl (C=O) groups is 1. The molecule has 3 heteroatoms. The van der Waals surface area contributed by atoms with Crippen LogP contribution < -0.4 is 5.32 Å². The molecule has 0 aliphatic rings. The molecule has 0 atom stereocenters. The van der Waals surface area contributed by atoms with Crippen LogP contribution >= 0.6 is 0 Å². The second kappa shape index (κ2) is 6.43. The molecule has 0 saturated heterocycles. The third kappa shape index (κ3) is 5.21. The second-order valence-electron chi connectivity index (χ2n) is 5.37. The minimum absolute atomic E-state index is 0.367. The lowest BCUT2D eigenvalue weighted by molar-refractivity contribution is 0.0523. The van der Waals surface area contributed by atoms with Crippen molar-refractivity contribution in [3.8, 4) is 0 Å². The van der Waals surface area contributed by atoms with Crippen molar-refractivity contribution in [1.29, 1.82) is 0 Å². The van der Waals surface area contributed by atoms with Gasteiger partial charge in [-0.1, -0.05) is 37.6 Å². The number of amides is 1. The predicted octanol–water partition coefficient (Wildman–Crippen LogP) is 3.66. The molecule has 0 fully saturated rings. The van der Waals surface area contributed by atoms with E-state index in [4.69, 9.17) is 4.74 Å². The molecule has 18 heavy (non-hydrogen) atoms. The van der Waals surface area contributed by atoms with E-state index in [0.717, 1.165) is 18.4 Å². The number of hydrogen-bond donors (Lipinski definition) is 1. The van der Waals surface area contributed by atoms with Crippen LogP contribution in [0.5, 0.6) is 0 Å². The summed E-state index contributed by atoms with van der Waals surface area (Å²) in [5.41, 5.74) is 1.99. The summed E-state index contributed by atoms with van der Waals surface area (Å²) >= 11 is 0. The second-order valence-corrected chi connectivity index (χ2v) is 5.37. The van der Waals surface area contributed by atoms with Crippen LogP contribution in [-0.4, -0.2) is 11.7 Å². The Kier molecular flexibility index (Phi) is 5.20. The molecule has 0 heterocycles. The Morgan fingerprint density at radius 2 is 1.83 bits per heavy atom. The summed E-state index contributed by atoms with van der Waals surface area (Å²) in [5.74, 6) is 0. The highest BCUT2D eigenvalue weighted by molar-refractivity contribution is 5.67. The normalized spacial score (nSPS) is 11.1. The molecule has 0 unspecified atom stereocenters. The third-order valence-electron chi connectivity index (χ3n) is 2.46. The topological polar surface area (TPSA) is 38.3 Å². The summed E-state index contributed by atoms with van der Waals surface area (Å²) < 4.78 is 5.21. The van der Waals surface area contributed by atoms with Gasteiger partial charge in [0.25, 0.3) is 0 Å². The summed E-state index contributed by atoms with van der Waals surface area (Å²) in [6, 6.07) is 8.17. The zero-order valence-corrected chi connectivity index (χ0v) is 11.7. The van der Waals surface area contributed by atoms with Gasteiger partial charge in [0.15, 0.2) is 0 Å². The van der Waals surface area contributed by atoms with Crippen LogP contribution in [0, 0.1) is 0 Å². The standard InChI is InChI=1S/C15H23NO2/c1-5-8-12-9-6-7-10-13(12)11-16-14(17)18-15(2,3)4/h6-7,9-10H,5,8,11H2,1-4H3,(H,16,17). The molecule has 1 amide bonds. The van der Waals surface area contributed by atoms with Gasteiger partial charge in [0.2, 0.25) is 0 Å². The number of benzene rings is 1. The van der Waals surface area contributed by atoms with Gasteiger partial charge in [0.05, 0.1) is 0 Å². The summed E-state index contributed by atoms with van der Waals surface area (Å²) in [6.07, 6.45) is 1.77. The Labute approximate surface area is 110 Å². The van der Waals surface area contributed by atoms with Crippen LogP contribution in [0.25, 0.3) is 0 Å². The first kappa shape index (κ1) is 14.6. The number of carbonyl (C=O) groups excluding carboxylic acids is 1. The lowest BCUT2D eigenvalue weighted by Gasteiger charge is -2.20. The lowest BCUT2D eigenvalue weighted by Crippen LogP contribution is -2.32. The largest absolute Gasteiger partial charge is 0.444 e. The van der Waals surface area contributed by atoms with Crippen molar-refractivity contribution in [2.45, 2.75) is 52.7 Å². The summed E-state index contributed by atoms with van der Waals surface area (Å²) in [4.78, 5) is 11.6. The van der Waals surface area contributed by atoms with Crippen LogP contribution in [0.15, 0.2) is 24.3 Å². The minimum atomic E-state index is -0.451. The van der Waals surface area contributed by atoms with Crippen molar-refractivity contribution < 1.29 is 9.53 Å². The highest BCUT2D eigenvalue weighted by Crippen LogP contribution is 2.11. The first-order valence-electron chi connectivity index (χ1n) is 6.46. The van der Waals surface area contributed by atoms with E-state index in [0.29, 0.717) is 6.54 Å². The first-order valence-corrected chi connectivity index (χ1v) is 6.46. The summed E-state index contributed by atoms with van der Waals surface area (Å²) in [7, 11) is 0. The molecule has 0 bridgehead atoms. The van der Waals surface area contributed by atoms with Crippen molar-refractivity contribution in [3.05, 3.63) is 35.4 Å².